The fourth-order valence-electron chi connectivity index (χ4n) is 4.15. The molecule has 0 aliphatic heterocycles. The summed E-state index contributed by atoms with van der Waals surface area (Å²) >= 11 is 0. The van der Waals surface area contributed by atoms with E-state index in [4.69, 9.17) is 4.74 Å². The van der Waals surface area contributed by atoms with Gasteiger partial charge in [-0.3, -0.25) is 14.5 Å². The first-order chi connectivity index (χ1) is 17.9. The van der Waals surface area contributed by atoms with E-state index in [0.717, 1.165) is 27.7 Å². The fraction of sp³-hybridized carbons (Fsp3) is 0.143. The lowest BCUT2D eigenvalue weighted by molar-refractivity contribution is 0.0943. The van der Waals surface area contributed by atoms with Crippen molar-refractivity contribution in [3.8, 4) is 5.75 Å². The second-order valence-electron chi connectivity index (χ2n) is 8.69. The van der Waals surface area contributed by atoms with Gasteiger partial charge in [0.15, 0.2) is 11.6 Å². The van der Waals surface area contributed by atoms with Crippen LogP contribution < -0.4 is 15.4 Å². The van der Waals surface area contributed by atoms with Crippen molar-refractivity contribution in [2.24, 2.45) is 7.05 Å². The van der Waals surface area contributed by atoms with Gasteiger partial charge >= 0.3 is 0 Å². The van der Waals surface area contributed by atoms with Crippen molar-refractivity contribution >= 4 is 28.2 Å². The number of anilines is 2. The van der Waals surface area contributed by atoms with E-state index in [1.807, 2.05) is 37.3 Å². The zero-order valence-corrected chi connectivity index (χ0v) is 20.6. The van der Waals surface area contributed by atoms with Crippen LogP contribution in [0.1, 0.15) is 33.2 Å². The summed E-state index contributed by atoms with van der Waals surface area (Å²) in [6.07, 6.45) is 6.93. The zero-order valence-electron chi connectivity index (χ0n) is 20.6. The minimum absolute atomic E-state index is 0.134. The van der Waals surface area contributed by atoms with Crippen molar-refractivity contribution in [1.82, 2.24) is 25.1 Å². The van der Waals surface area contributed by atoms with E-state index in [1.165, 1.54) is 13.2 Å². The Morgan fingerprint density at radius 2 is 1.86 bits per heavy atom. The van der Waals surface area contributed by atoms with Gasteiger partial charge in [0.2, 0.25) is 0 Å². The van der Waals surface area contributed by atoms with Gasteiger partial charge in [-0.2, -0.15) is 5.10 Å². The number of rotatable bonds is 7. The Kier molecular flexibility index (Phi) is 6.51. The molecule has 0 spiro atoms. The third-order valence-electron chi connectivity index (χ3n) is 6.00. The van der Waals surface area contributed by atoms with Gasteiger partial charge in [0.25, 0.3) is 5.91 Å². The summed E-state index contributed by atoms with van der Waals surface area (Å²) in [6, 6.07) is 15.1. The van der Waals surface area contributed by atoms with Crippen molar-refractivity contribution < 1.29 is 13.9 Å². The molecular formula is C28H25FN6O2. The Hall–Kier alpha value is -4.79. The van der Waals surface area contributed by atoms with Gasteiger partial charge in [-0.1, -0.05) is 12.1 Å². The molecule has 3 aromatic heterocycles. The average molecular weight is 497 g/mol. The summed E-state index contributed by atoms with van der Waals surface area (Å²) in [5, 5.41) is 12.3. The van der Waals surface area contributed by atoms with E-state index in [2.05, 4.69) is 25.7 Å². The molecule has 8 nitrogen and oxygen atoms in total. The van der Waals surface area contributed by atoms with Crippen LogP contribution in [0, 0.1) is 12.7 Å². The highest BCUT2D eigenvalue weighted by molar-refractivity contribution is 5.99. The van der Waals surface area contributed by atoms with Crippen molar-refractivity contribution in [3.63, 3.8) is 0 Å². The van der Waals surface area contributed by atoms with Gasteiger partial charge in [-0.05, 0) is 60.3 Å². The molecule has 0 radical (unpaired) electrons. The van der Waals surface area contributed by atoms with Gasteiger partial charge in [-0.25, -0.2) is 9.37 Å². The molecule has 0 fully saturated rings. The standard InChI is InChI=1S/C28H25FN6O2/c1-17-10-23(8-9-30-17)33-26-13-21-11-19(4-5-20(21)14-31-26)28(36)34-27(22-15-32-35(2)16-22)18-6-7-25(37-3)24(29)12-18/h4-16,27H,1-3H3,(H,34,36)(H,30,31,33)/t27-/m0/s1. The summed E-state index contributed by atoms with van der Waals surface area (Å²) < 4.78 is 21.2. The van der Waals surface area contributed by atoms with Gasteiger partial charge in [0, 0.05) is 53.5 Å². The van der Waals surface area contributed by atoms with Crippen molar-refractivity contribution in [2.75, 3.05) is 12.4 Å². The van der Waals surface area contributed by atoms with Crippen LogP contribution in [0.5, 0.6) is 5.75 Å². The first kappa shape index (κ1) is 23.9. The molecule has 9 heteroatoms. The molecule has 186 valence electrons. The molecule has 5 aromatic rings. The van der Waals surface area contributed by atoms with E-state index in [9.17, 15) is 9.18 Å². The first-order valence-corrected chi connectivity index (χ1v) is 11.6. The second kappa shape index (κ2) is 10.1. The molecule has 0 bridgehead atoms. The molecule has 3 heterocycles. The number of pyridine rings is 2. The Bertz CT molecular complexity index is 1600. The van der Waals surface area contributed by atoms with Gasteiger partial charge in [0.05, 0.1) is 19.3 Å². The van der Waals surface area contributed by atoms with Crippen LogP contribution in [0.3, 0.4) is 0 Å². The number of halogens is 1. The number of aryl methyl sites for hydroxylation is 2. The smallest absolute Gasteiger partial charge is 0.252 e. The van der Waals surface area contributed by atoms with Crippen LogP contribution in [0.2, 0.25) is 0 Å². The molecule has 0 aliphatic carbocycles. The number of aromatic nitrogens is 4. The van der Waals surface area contributed by atoms with Crippen LogP contribution in [-0.4, -0.2) is 32.8 Å². The van der Waals surface area contributed by atoms with Crippen molar-refractivity contribution in [3.05, 3.63) is 108 Å². The normalized spacial score (nSPS) is 11.8. The van der Waals surface area contributed by atoms with Gasteiger partial charge < -0.3 is 15.4 Å². The highest BCUT2D eigenvalue weighted by Gasteiger charge is 2.21. The number of nitrogens with zero attached hydrogens (tertiary/aromatic N) is 4. The SMILES string of the molecule is COc1ccc([C@H](NC(=O)c2ccc3cnc(Nc4ccnc(C)c4)cc3c2)c2cnn(C)c2)cc1F. The van der Waals surface area contributed by atoms with Gasteiger partial charge in [-0.15, -0.1) is 0 Å². The topological polar surface area (TPSA) is 94.0 Å². The molecule has 0 unspecified atom stereocenters. The lowest BCUT2D eigenvalue weighted by Gasteiger charge is -2.19. The quantitative estimate of drug-likeness (QED) is 0.326. The minimum atomic E-state index is -0.609. The van der Waals surface area contributed by atoms with E-state index in [1.54, 1.807) is 54.7 Å². The maximum absolute atomic E-state index is 14.5. The number of methoxy groups -OCH3 is 1. The Labute approximate surface area is 213 Å². The zero-order chi connectivity index (χ0) is 25.9. The highest BCUT2D eigenvalue weighted by atomic mass is 19.1. The summed E-state index contributed by atoms with van der Waals surface area (Å²) in [5.74, 6) is -0.0269. The minimum Gasteiger partial charge on any atom is -0.494 e. The van der Waals surface area contributed by atoms with E-state index in [-0.39, 0.29) is 11.7 Å². The first-order valence-electron chi connectivity index (χ1n) is 11.6. The number of benzene rings is 2. The molecule has 0 aliphatic rings. The van der Waals surface area contributed by atoms with Crippen LogP contribution in [-0.2, 0) is 7.05 Å². The predicted octanol–water partition coefficient (Wildman–Crippen LogP) is 5.08. The largest absolute Gasteiger partial charge is 0.494 e. The third-order valence-corrected chi connectivity index (χ3v) is 6.00. The fourth-order valence-corrected chi connectivity index (χ4v) is 4.15. The van der Waals surface area contributed by atoms with E-state index in [0.29, 0.717) is 16.9 Å². The second-order valence-corrected chi connectivity index (χ2v) is 8.69. The van der Waals surface area contributed by atoms with Crippen LogP contribution in [0.4, 0.5) is 15.9 Å². The Morgan fingerprint density at radius 3 is 2.59 bits per heavy atom. The lowest BCUT2D eigenvalue weighted by Crippen LogP contribution is -2.29. The number of fused-ring (bicyclic) bond motifs is 1. The Balaban J connectivity index is 1.44. The van der Waals surface area contributed by atoms with Crippen LogP contribution >= 0.6 is 0 Å². The molecule has 1 atom stereocenters. The highest BCUT2D eigenvalue weighted by Crippen LogP contribution is 2.27. The molecule has 1 amide bonds. The van der Waals surface area contributed by atoms with E-state index < -0.39 is 11.9 Å². The molecule has 37 heavy (non-hydrogen) atoms. The maximum Gasteiger partial charge on any atom is 0.252 e. The number of hydrogen-bond donors (Lipinski definition) is 2. The number of hydrogen-bond acceptors (Lipinski definition) is 6. The summed E-state index contributed by atoms with van der Waals surface area (Å²) in [4.78, 5) is 22.1. The van der Waals surface area contributed by atoms with Crippen molar-refractivity contribution in [1.29, 1.82) is 0 Å². The number of carbonyl (C=O) groups excluding carboxylic acids is 1. The summed E-state index contributed by atoms with van der Waals surface area (Å²) in [7, 11) is 3.19. The van der Waals surface area contributed by atoms with Crippen LogP contribution in [0.25, 0.3) is 10.8 Å². The summed E-state index contributed by atoms with van der Waals surface area (Å²) in [5.41, 5.74) is 3.53. The number of ether oxygens (including phenoxy) is 1. The molecule has 0 saturated heterocycles. The van der Waals surface area contributed by atoms with Crippen molar-refractivity contribution in [2.45, 2.75) is 13.0 Å². The summed E-state index contributed by atoms with van der Waals surface area (Å²) in [6.45, 7) is 1.92. The number of nitrogens with one attached hydrogen (secondary N) is 2. The average Bonchev–Trinajstić information content (AvgIpc) is 3.32. The lowest BCUT2D eigenvalue weighted by atomic mass is 10.00. The third kappa shape index (κ3) is 5.25. The molecular weight excluding hydrogens is 471 g/mol. The van der Waals surface area contributed by atoms with E-state index >= 15 is 0 Å². The van der Waals surface area contributed by atoms with Gasteiger partial charge in [0.1, 0.15) is 5.82 Å². The molecule has 0 saturated carbocycles. The molecule has 2 N–H and O–H groups in total. The molecule has 5 rings (SSSR count). The number of amides is 1. The number of carbonyl (C=O) groups is 1. The Morgan fingerprint density at radius 1 is 1.00 bits per heavy atom. The van der Waals surface area contributed by atoms with Crippen LogP contribution in [0.15, 0.2) is 79.4 Å². The monoisotopic (exact) mass is 496 g/mol. The maximum atomic E-state index is 14.5. The predicted molar refractivity (Wildman–Crippen MR) is 139 cm³/mol. The molecule has 2 aromatic carbocycles.